The van der Waals surface area contributed by atoms with E-state index < -0.39 is 0 Å². The first kappa shape index (κ1) is 8.12. The topological polar surface area (TPSA) is 26.0 Å². The van der Waals surface area contributed by atoms with Gasteiger partial charge in [-0.1, -0.05) is 12.7 Å². The second kappa shape index (κ2) is 4.02. The molecule has 0 bridgehead atoms. The van der Waals surface area contributed by atoms with Gasteiger partial charge in [0, 0.05) is 0 Å². The van der Waals surface area contributed by atoms with Gasteiger partial charge in [-0.3, -0.25) is 0 Å². The molecule has 1 heteroatoms. The van der Waals surface area contributed by atoms with E-state index in [-0.39, 0.29) is 0 Å². The van der Waals surface area contributed by atoms with Gasteiger partial charge >= 0.3 is 0 Å². The predicted molar refractivity (Wildman–Crippen MR) is 49.0 cm³/mol. The van der Waals surface area contributed by atoms with E-state index in [2.05, 4.69) is 6.58 Å². The zero-order chi connectivity index (χ0) is 8.10. The summed E-state index contributed by atoms with van der Waals surface area (Å²) in [6, 6.07) is 0. The van der Waals surface area contributed by atoms with Gasteiger partial charge < -0.3 is 5.73 Å². The van der Waals surface area contributed by atoms with E-state index in [1.165, 1.54) is 30.4 Å². The minimum Gasteiger partial charge on any atom is -0.405 e. The van der Waals surface area contributed by atoms with Gasteiger partial charge in [-0.25, -0.2) is 0 Å². The maximum Gasteiger partial charge on any atom is -0.00595 e. The summed E-state index contributed by atoms with van der Waals surface area (Å²) in [7, 11) is 0. The number of nitrogens with two attached hydrogens (primary N) is 1. The van der Waals surface area contributed by atoms with Crippen molar-refractivity contribution in [2.75, 3.05) is 0 Å². The van der Waals surface area contributed by atoms with Gasteiger partial charge in [0.25, 0.3) is 0 Å². The lowest BCUT2D eigenvalue weighted by Gasteiger charge is -2.14. The van der Waals surface area contributed by atoms with Gasteiger partial charge in [0.1, 0.15) is 0 Å². The van der Waals surface area contributed by atoms with Crippen LogP contribution in [0.4, 0.5) is 0 Å². The molecule has 0 fully saturated rings. The second-order valence-corrected chi connectivity index (χ2v) is 2.82. The van der Waals surface area contributed by atoms with Gasteiger partial charge in [-0.2, -0.15) is 0 Å². The van der Waals surface area contributed by atoms with Crippen molar-refractivity contribution in [1.82, 2.24) is 0 Å². The zero-order valence-electron chi connectivity index (χ0n) is 6.84. The molecule has 2 N–H and O–H groups in total. The highest BCUT2D eigenvalue weighted by Crippen LogP contribution is 2.25. The third kappa shape index (κ3) is 1.97. The van der Waals surface area contributed by atoms with E-state index in [1.54, 1.807) is 6.20 Å². The van der Waals surface area contributed by atoms with Crippen LogP contribution >= 0.6 is 0 Å². The van der Waals surface area contributed by atoms with Gasteiger partial charge in [-0.15, -0.1) is 0 Å². The summed E-state index contributed by atoms with van der Waals surface area (Å²) in [6.07, 6.45) is 10.5. The Bertz CT molecular complexity index is 199. The van der Waals surface area contributed by atoms with Crippen molar-refractivity contribution in [2.24, 2.45) is 5.73 Å². The van der Waals surface area contributed by atoms with E-state index in [4.69, 9.17) is 5.73 Å². The largest absolute Gasteiger partial charge is 0.405 e. The lowest BCUT2D eigenvalue weighted by molar-refractivity contribution is 0.693. The third-order valence-corrected chi connectivity index (χ3v) is 2.10. The molecule has 0 radical (unpaired) electrons. The van der Waals surface area contributed by atoms with Crippen LogP contribution in [-0.4, -0.2) is 0 Å². The fraction of sp³-hybridized carbons (Fsp3) is 0.400. The summed E-state index contributed by atoms with van der Waals surface area (Å²) in [5.74, 6) is 0. The summed E-state index contributed by atoms with van der Waals surface area (Å²) < 4.78 is 0. The Morgan fingerprint density at radius 2 is 1.82 bits per heavy atom. The maximum atomic E-state index is 5.33. The Labute approximate surface area is 68.3 Å². The molecule has 0 aromatic carbocycles. The van der Waals surface area contributed by atoms with Crippen molar-refractivity contribution >= 4 is 0 Å². The van der Waals surface area contributed by atoms with Crippen molar-refractivity contribution in [3.05, 3.63) is 36.1 Å². The average molecular weight is 149 g/mol. The van der Waals surface area contributed by atoms with Crippen LogP contribution < -0.4 is 5.73 Å². The van der Waals surface area contributed by atoms with Crippen molar-refractivity contribution in [3.8, 4) is 0 Å². The Hall–Kier alpha value is -0.980. The molecule has 0 heterocycles. The molecule has 0 saturated heterocycles. The standard InChI is InChI=1S/C10H15N/c1-2-9-5-3-4-6-10(9)7-8-11/h2,7-8H,1,3-6,11H2/b8-7-. The fourth-order valence-electron chi connectivity index (χ4n) is 1.49. The number of hydrogen-bond donors (Lipinski definition) is 1. The fourth-order valence-corrected chi connectivity index (χ4v) is 1.49. The van der Waals surface area contributed by atoms with Gasteiger partial charge in [0.15, 0.2) is 0 Å². The normalized spacial score (nSPS) is 19.3. The van der Waals surface area contributed by atoms with Crippen LogP contribution in [0.3, 0.4) is 0 Å². The molecule has 0 spiro atoms. The summed E-state index contributed by atoms with van der Waals surface area (Å²) in [5.41, 5.74) is 8.07. The monoisotopic (exact) mass is 149 g/mol. The molecule has 0 aromatic rings. The highest BCUT2D eigenvalue weighted by Gasteiger charge is 2.06. The summed E-state index contributed by atoms with van der Waals surface area (Å²) in [6.45, 7) is 3.78. The molecule has 1 aliphatic carbocycles. The molecule has 1 nitrogen and oxygen atoms in total. The highest BCUT2D eigenvalue weighted by molar-refractivity contribution is 5.33. The van der Waals surface area contributed by atoms with Crippen LogP contribution in [0.25, 0.3) is 0 Å². The van der Waals surface area contributed by atoms with Crippen LogP contribution in [-0.2, 0) is 0 Å². The molecule has 0 atom stereocenters. The molecule has 1 rings (SSSR count). The number of rotatable bonds is 2. The smallest absolute Gasteiger partial charge is 0.00595 e. The molecule has 0 aromatic heterocycles. The zero-order valence-corrected chi connectivity index (χ0v) is 6.84. The first-order valence-corrected chi connectivity index (χ1v) is 4.11. The van der Waals surface area contributed by atoms with Crippen LogP contribution in [0.2, 0.25) is 0 Å². The van der Waals surface area contributed by atoms with Crippen LogP contribution in [0.5, 0.6) is 0 Å². The molecular formula is C10H15N. The van der Waals surface area contributed by atoms with Crippen molar-refractivity contribution < 1.29 is 0 Å². The minimum absolute atomic E-state index is 1.16. The van der Waals surface area contributed by atoms with E-state index >= 15 is 0 Å². The second-order valence-electron chi connectivity index (χ2n) is 2.82. The average Bonchev–Trinajstić information content (AvgIpc) is 2.06. The minimum atomic E-state index is 1.16. The van der Waals surface area contributed by atoms with Gasteiger partial charge in [0.05, 0.1) is 0 Å². The summed E-state index contributed by atoms with van der Waals surface area (Å²) >= 11 is 0. The van der Waals surface area contributed by atoms with Crippen LogP contribution in [0.15, 0.2) is 36.1 Å². The maximum absolute atomic E-state index is 5.33. The molecule has 0 unspecified atom stereocenters. The Morgan fingerprint density at radius 1 is 1.18 bits per heavy atom. The summed E-state index contributed by atoms with van der Waals surface area (Å²) in [5, 5.41) is 0. The first-order chi connectivity index (χ1) is 5.38. The Kier molecular flexibility index (Phi) is 2.96. The van der Waals surface area contributed by atoms with E-state index in [0.29, 0.717) is 0 Å². The molecule has 0 amide bonds. The van der Waals surface area contributed by atoms with Gasteiger partial charge in [0.2, 0.25) is 0 Å². The van der Waals surface area contributed by atoms with E-state index in [1.807, 2.05) is 12.2 Å². The third-order valence-electron chi connectivity index (χ3n) is 2.10. The van der Waals surface area contributed by atoms with Crippen molar-refractivity contribution in [2.45, 2.75) is 25.7 Å². The predicted octanol–water partition coefficient (Wildman–Crippen LogP) is 2.52. The van der Waals surface area contributed by atoms with Gasteiger partial charge in [-0.05, 0) is 49.1 Å². The molecule has 60 valence electrons. The van der Waals surface area contributed by atoms with Crippen LogP contribution in [0, 0.1) is 0 Å². The molecule has 0 aliphatic heterocycles. The summed E-state index contributed by atoms with van der Waals surface area (Å²) in [4.78, 5) is 0. The van der Waals surface area contributed by atoms with E-state index in [9.17, 15) is 0 Å². The molecule has 1 aliphatic rings. The first-order valence-electron chi connectivity index (χ1n) is 4.11. The van der Waals surface area contributed by atoms with Crippen molar-refractivity contribution in [3.63, 3.8) is 0 Å². The lowest BCUT2D eigenvalue weighted by atomic mass is 9.92. The van der Waals surface area contributed by atoms with Crippen LogP contribution in [0.1, 0.15) is 25.7 Å². The number of hydrogen-bond acceptors (Lipinski definition) is 1. The lowest BCUT2D eigenvalue weighted by Crippen LogP contribution is -1.96. The molecule has 0 saturated carbocycles. The Balaban J connectivity index is 2.81. The highest BCUT2D eigenvalue weighted by atomic mass is 14.5. The molecular weight excluding hydrogens is 134 g/mol. The quantitative estimate of drug-likeness (QED) is 0.641. The van der Waals surface area contributed by atoms with E-state index in [0.717, 1.165) is 6.42 Å². The van der Waals surface area contributed by atoms with Crippen molar-refractivity contribution in [1.29, 1.82) is 0 Å². The number of allylic oxidation sites excluding steroid dienone is 4. The Morgan fingerprint density at radius 3 is 2.36 bits per heavy atom. The SMILES string of the molecule is C=CC1=C(/C=C\N)CCCC1. The molecule has 11 heavy (non-hydrogen) atoms.